The number of pyridine rings is 1. The van der Waals surface area contributed by atoms with Crippen LogP contribution in [0, 0.1) is 6.92 Å². The summed E-state index contributed by atoms with van der Waals surface area (Å²) in [7, 11) is 0. The van der Waals surface area contributed by atoms with Crippen molar-refractivity contribution in [3.8, 4) is 0 Å². The summed E-state index contributed by atoms with van der Waals surface area (Å²) in [6.45, 7) is 6.77. The van der Waals surface area contributed by atoms with E-state index < -0.39 is 0 Å². The summed E-state index contributed by atoms with van der Waals surface area (Å²) in [5.41, 5.74) is 7.71. The highest BCUT2D eigenvalue weighted by atomic mass is 16.3. The van der Waals surface area contributed by atoms with Gasteiger partial charge in [0, 0.05) is 50.7 Å². The fraction of sp³-hybridized carbons (Fsp3) is 0.583. The van der Waals surface area contributed by atoms with Gasteiger partial charge in [-0.25, -0.2) is 4.98 Å². The van der Waals surface area contributed by atoms with Crippen molar-refractivity contribution in [1.82, 2.24) is 9.88 Å². The lowest BCUT2D eigenvalue weighted by atomic mass is 10.2. The molecule has 1 aliphatic heterocycles. The lowest BCUT2D eigenvalue weighted by molar-refractivity contribution is 0.188. The Labute approximate surface area is 102 Å². The lowest BCUT2D eigenvalue weighted by Crippen LogP contribution is -2.47. The Hall–Kier alpha value is -1.33. The van der Waals surface area contributed by atoms with Gasteiger partial charge in [0.1, 0.15) is 5.82 Å². The summed E-state index contributed by atoms with van der Waals surface area (Å²) in [4.78, 5) is 8.91. The van der Waals surface area contributed by atoms with E-state index in [4.69, 9.17) is 10.8 Å². The first-order valence-corrected chi connectivity index (χ1v) is 6.01. The average molecular weight is 236 g/mol. The Kier molecular flexibility index (Phi) is 3.81. The van der Waals surface area contributed by atoms with Gasteiger partial charge in [-0.2, -0.15) is 0 Å². The minimum absolute atomic E-state index is 0.232. The largest absolute Gasteiger partial charge is 0.398 e. The Morgan fingerprint density at radius 3 is 2.65 bits per heavy atom. The third-order valence-corrected chi connectivity index (χ3v) is 3.24. The number of aliphatic hydroxyl groups is 1. The van der Waals surface area contributed by atoms with E-state index in [1.165, 1.54) is 0 Å². The Morgan fingerprint density at radius 2 is 2.06 bits per heavy atom. The normalized spacial score (nSPS) is 17.4. The lowest BCUT2D eigenvalue weighted by Gasteiger charge is -2.35. The van der Waals surface area contributed by atoms with Gasteiger partial charge in [0.05, 0.1) is 6.61 Å². The van der Waals surface area contributed by atoms with Gasteiger partial charge in [-0.15, -0.1) is 0 Å². The van der Waals surface area contributed by atoms with Crippen LogP contribution in [0.1, 0.15) is 5.56 Å². The second kappa shape index (κ2) is 5.33. The summed E-state index contributed by atoms with van der Waals surface area (Å²) in [5.74, 6) is 0.955. The van der Waals surface area contributed by atoms with Crippen LogP contribution in [0.2, 0.25) is 0 Å². The van der Waals surface area contributed by atoms with Gasteiger partial charge in [-0.3, -0.25) is 4.90 Å². The summed E-state index contributed by atoms with van der Waals surface area (Å²) in [6, 6.07) is 1.94. The summed E-state index contributed by atoms with van der Waals surface area (Å²) < 4.78 is 0. The third kappa shape index (κ3) is 2.87. The molecule has 2 rings (SSSR count). The molecule has 1 fully saturated rings. The number of hydrogen-bond acceptors (Lipinski definition) is 5. The van der Waals surface area contributed by atoms with E-state index in [0.29, 0.717) is 0 Å². The second-order valence-electron chi connectivity index (χ2n) is 4.45. The summed E-state index contributed by atoms with van der Waals surface area (Å²) in [6.07, 6.45) is 1.82. The van der Waals surface area contributed by atoms with Crippen molar-refractivity contribution < 1.29 is 5.11 Å². The molecule has 94 valence electrons. The molecule has 0 spiro atoms. The molecule has 17 heavy (non-hydrogen) atoms. The standard InChI is InChI=1S/C12H20N4O/c1-10-9-14-12(8-11(10)13)16-4-2-15(3-5-16)6-7-17/h8-9,17H,2-7H2,1H3,(H2,13,14). The zero-order chi connectivity index (χ0) is 12.3. The first-order chi connectivity index (χ1) is 8.20. The minimum atomic E-state index is 0.232. The fourth-order valence-electron chi connectivity index (χ4n) is 2.04. The number of piperazine rings is 1. The molecule has 0 aromatic carbocycles. The Morgan fingerprint density at radius 1 is 1.35 bits per heavy atom. The maximum atomic E-state index is 8.88. The van der Waals surface area contributed by atoms with Crippen LogP contribution in [0.15, 0.2) is 12.3 Å². The smallest absolute Gasteiger partial charge is 0.130 e. The molecule has 1 aromatic heterocycles. The number of aliphatic hydroxyl groups excluding tert-OH is 1. The zero-order valence-electron chi connectivity index (χ0n) is 10.3. The van der Waals surface area contributed by atoms with Gasteiger partial charge in [0.25, 0.3) is 0 Å². The van der Waals surface area contributed by atoms with Crippen LogP contribution in [0.3, 0.4) is 0 Å². The van der Waals surface area contributed by atoms with Crippen LogP contribution in [0.4, 0.5) is 11.5 Å². The van der Waals surface area contributed by atoms with Gasteiger partial charge in [-0.05, 0) is 12.5 Å². The van der Waals surface area contributed by atoms with Crippen molar-refractivity contribution in [3.05, 3.63) is 17.8 Å². The number of nitrogens with zero attached hydrogens (tertiary/aromatic N) is 3. The highest BCUT2D eigenvalue weighted by molar-refractivity contribution is 5.54. The first kappa shape index (κ1) is 12.1. The van der Waals surface area contributed by atoms with Crippen molar-refractivity contribution in [1.29, 1.82) is 0 Å². The molecule has 1 aliphatic rings. The molecule has 0 unspecified atom stereocenters. The van der Waals surface area contributed by atoms with Crippen LogP contribution in [0.25, 0.3) is 0 Å². The van der Waals surface area contributed by atoms with E-state index in [1.54, 1.807) is 0 Å². The van der Waals surface area contributed by atoms with Gasteiger partial charge < -0.3 is 15.7 Å². The van der Waals surface area contributed by atoms with E-state index in [9.17, 15) is 0 Å². The average Bonchev–Trinajstić information content (AvgIpc) is 2.34. The molecular weight excluding hydrogens is 216 g/mol. The molecule has 1 saturated heterocycles. The quantitative estimate of drug-likeness (QED) is 0.778. The van der Waals surface area contributed by atoms with E-state index in [0.717, 1.165) is 49.8 Å². The molecule has 0 radical (unpaired) electrons. The SMILES string of the molecule is Cc1cnc(N2CCN(CCO)CC2)cc1N. The van der Waals surface area contributed by atoms with Crippen LogP contribution < -0.4 is 10.6 Å². The number of rotatable bonds is 3. The highest BCUT2D eigenvalue weighted by Gasteiger charge is 2.17. The first-order valence-electron chi connectivity index (χ1n) is 6.01. The van der Waals surface area contributed by atoms with Gasteiger partial charge in [-0.1, -0.05) is 0 Å². The zero-order valence-corrected chi connectivity index (χ0v) is 10.3. The number of anilines is 2. The molecule has 1 aromatic rings. The molecule has 5 heteroatoms. The number of aromatic nitrogens is 1. The van der Waals surface area contributed by atoms with Crippen LogP contribution >= 0.6 is 0 Å². The Bertz CT molecular complexity index is 375. The monoisotopic (exact) mass is 236 g/mol. The Balaban J connectivity index is 1.98. The van der Waals surface area contributed by atoms with Crippen LogP contribution in [-0.2, 0) is 0 Å². The van der Waals surface area contributed by atoms with Crippen molar-refractivity contribution in [2.45, 2.75) is 6.92 Å². The molecule has 0 atom stereocenters. The maximum Gasteiger partial charge on any atom is 0.130 e. The van der Waals surface area contributed by atoms with Crippen LogP contribution in [0.5, 0.6) is 0 Å². The molecular formula is C12H20N4O. The van der Waals surface area contributed by atoms with Gasteiger partial charge in [0.2, 0.25) is 0 Å². The van der Waals surface area contributed by atoms with Crippen molar-refractivity contribution in [2.75, 3.05) is 50.0 Å². The van der Waals surface area contributed by atoms with E-state index in [1.807, 2.05) is 19.2 Å². The van der Waals surface area contributed by atoms with Gasteiger partial charge >= 0.3 is 0 Å². The maximum absolute atomic E-state index is 8.88. The molecule has 0 bridgehead atoms. The van der Waals surface area contributed by atoms with Crippen molar-refractivity contribution in [2.24, 2.45) is 0 Å². The summed E-state index contributed by atoms with van der Waals surface area (Å²) >= 11 is 0. The molecule has 0 amide bonds. The highest BCUT2D eigenvalue weighted by Crippen LogP contribution is 2.18. The molecule has 5 nitrogen and oxygen atoms in total. The predicted molar refractivity (Wildman–Crippen MR) is 69.1 cm³/mol. The second-order valence-corrected chi connectivity index (χ2v) is 4.45. The summed E-state index contributed by atoms with van der Waals surface area (Å²) in [5, 5.41) is 8.88. The molecule has 0 saturated carbocycles. The fourth-order valence-corrected chi connectivity index (χ4v) is 2.04. The predicted octanol–water partition coefficient (Wildman–Crippen LogP) is 0.0865. The molecule has 3 N–H and O–H groups in total. The molecule has 2 heterocycles. The number of nitrogen functional groups attached to an aromatic ring is 1. The topological polar surface area (TPSA) is 65.6 Å². The van der Waals surface area contributed by atoms with Crippen LogP contribution in [-0.4, -0.2) is 54.3 Å². The number of nitrogens with two attached hydrogens (primary N) is 1. The van der Waals surface area contributed by atoms with E-state index >= 15 is 0 Å². The van der Waals surface area contributed by atoms with E-state index in [2.05, 4.69) is 14.8 Å². The molecule has 0 aliphatic carbocycles. The third-order valence-electron chi connectivity index (χ3n) is 3.24. The van der Waals surface area contributed by atoms with Crippen molar-refractivity contribution >= 4 is 11.5 Å². The van der Waals surface area contributed by atoms with E-state index in [-0.39, 0.29) is 6.61 Å². The number of hydrogen-bond donors (Lipinski definition) is 2. The van der Waals surface area contributed by atoms with Gasteiger partial charge in [0.15, 0.2) is 0 Å². The van der Waals surface area contributed by atoms with Crippen molar-refractivity contribution in [3.63, 3.8) is 0 Å². The number of β-amino-alcohol motifs (C(OH)–C–C–N with tert-alkyl or cyclic N) is 1. The number of aryl methyl sites for hydroxylation is 1. The minimum Gasteiger partial charge on any atom is -0.398 e.